The van der Waals surface area contributed by atoms with Gasteiger partial charge in [-0.1, -0.05) is 12.1 Å². The normalized spacial score (nSPS) is 13.5. The standard InChI is InChI=1S/C26H29N3O3S/c1-17(2)32-26(30)28-19-9-7-18(8-10-19)25-23(16-27)22-12-11-21(31-13-14-33-3)15-24(22)29(25)20-5-4-6-20/h7-12,15,17,20H,4-6,13-14H2,1-3H3,(H,28,30). The fraction of sp³-hybridized carbons (Fsp3) is 0.385. The molecular formula is C26H29N3O3S. The highest BCUT2D eigenvalue weighted by Crippen LogP contribution is 2.43. The van der Waals surface area contributed by atoms with Gasteiger partial charge in [-0.2, -0.15) is 17.0 Å². The van der Waals surface area contributed by atoms with Crippen LogP contribution in [0.15, 0.2) is 42.5 Å². The number of carbonyl (C=O) groups is 1. The smallest absolute Gasteiger partial charge is 0.411 e. The molecule has 1 fully saturated rings. The van der Waals surface area contributed by atoms with Crippen molar-refractivity contribution in [2.75, 3.05) is 23.9 Å². The summed E-state index contributed by atoms with van der Waals surface area (Å²) in [7, 11) is 0. The zero-order chi connectivity index (χ0) is 23.4. The summed E-state index contributed by atoms with van der Waals surface area (Å²) in [6, 6.07) is 16.4. The number of anilines is 1. The second-order valence-corrected chi connectivity index (χ2v) is 9.45. The maximum absolute atomic E-state index is 11.9. The van der Waals surface area contributed by atoms with E-state index in [4.69, 9.17) is 9.47 Å². The number of rotatable bonds is 8. The van der Waals surface area contributed by atoms with E-state index in [0.717, 1.165) is 46.5 Å². The van der Waals surface area contributed by atoms with Gasteiger partial charge < -0.3 is 14.0 Å². The number of nitrogens with zero attached hydrogens (tertiary/aromatic N) is 2. The highest BCUT2D eigenvalue weighted by atomic mass is 32.2. The first-order chi connectivity index (χ1) is 16.0. The van der Waals surface area contributed by atoms with Crippen LogP contribution in [0.25, 0.3) is 22.2 Å². The largest absolute Gasteiger partial charge is 0.493 e. The summed E-state index contributed by atoms with van der Waals surface area (Å²) in [4.78, 5) is 11.9. The predicted octanol–water partition coefficient (Wildman–Crippen LogP) is 6.60. The number of nitriles is 1. The van der Waals surface area contributed by atoms with Gasteiger partial charge in [0.2, 0.25) is 0 Å². The molecule has 1 aromatic heterocycles. The molecule has 0 aliphatic heterocycles. The van der Waals surface area contributed by atoms with E-state index >= 15 is 0 Å². The molecule has 7 heteroatoms. The van der Waals surface area contributed by atoms with Crippen LogP contribution in [-0.2, 0) is 4.74 Å². The molecule has 1 N–H and O–H groups in total. The average molecular weight is 464 g/mol. The maximum Gasteiger partial charge on any atom is 0.411 e. The first-order valence-electron chi connectivity index (χ1n) is 11.3. The lowest BCUT2D eigenvalue weighted by Crippen LogP contribution is -2.18. The van der Waals surface area contributed by atoms with Gasteiger partial charge in [0.05, 0.1) is 29.5 Å². The summed E-state index contributed by atoms with van der Waals surface area (Å²) in [5.41, 5.74) is 4.24. The Balaban J connectivity index is 1.73. The summed E-state index contributed by atoms with van der Waals surface area (Å²) >= 11 is 1.75. The minimum Gasteiger partial charge on any atom is -0.493 e. The summed E-state index contributed by atoms with van der Waals surface area (Å²) in [6.45, 7) is 4.28. The number of carbonyl (C=O) groups excluding carboxylic acids is 1. The molecule has 1 saturated carbocycles. The topological polar surface area (TPSA) is 76.3 Å². The van der Waals surface area contributed by atoms with Crippen LogP contribution in [0, 0.1) is 11.3 Å². The molecule has 33 heavy (non-hydrogen) atoms. The van der Waals surface area contributed by atoms with Crippen LogP contribution in [0.1, 0.15) is 44.7 Å². The number of nitrogens with one attached hydrogen (secondary N) is 1. The zero-order valence-corrected chi connectivity index (χ0v) is 20.1. The van der Waals surface area contributed by atoms with Crippen molar-refractivity contribution in [3.8, 4) is 23.1 Å². The molecule has 1 heterocycles. The SMILES string of the molecule is CSCCOc1ccc2c(C#N)c(-c3ccc(NC(=O)OC(C)C)cc3)n(C3CCC3)c2c1. The van der Waals surface area contributed by atoms with Gasteiger partial charge in [0, 0.05) is 28.9 Å². The Kier molecular flexibility index (Phi) is 7.14. The van der Waals surface area contributed by atoms with Crippen molar-refractivity contribution in [2.24, 2.45) is 0 Å². The monoisotopic (exact) mass is 463 g/mol. The van der Waals surface area contributed by atoms with Crippen molar-refractivity contribution >= 4 is 34.4 Å². The second-order valence-electron chi connectivity index (χ2n) is 8.47. The number of aromatic nitrogens is 1. The van der Waals surface area contributed by atoms with Crippen LogP contribution in [0.5, 0.6) is 5.75 Å². The zero-order valence-electron chi connectivity index (χ0n) is 19.3. The van der Waals surface area contributed by atoms with Crippen LogP contribution in [0.3, 0.4) is 0 Å². The third-order valence-electron chi connectivity index (χ3n) is 5.83. The quantitative estimate of drug-likeness (QED) is 0.381. The summed E-state index contributed by atoms with van der Waals surface area (Å²) in [5.74, 6) is 1.76. The van der Waals surface area contributed by atoms with Gasteiger partial charge in [-0.25, -0.2) is 4.79 Å². The Labute approximate surface area is 198 Å². The third kappa shape index (κ3) is 4.96. The lowest BCUT2D eigenvalue weighted by atomic mass is 9.92. The van der Waals surface area contributed by atoms with Crippen molar-refractivity contribution in [3.05, 3.63) is 48.0 Å². The van der Waals surface area contributed by atoms with Crippen molar-refractivity contribution in [2.45, 2.75) is 45.3 Å². The van der Waals surface area contributed by atoms with Crippen LogP contribution >= 0.6 is 11.8 Å². The van der Waals surface area contributed by atoms with Crippen LogP contribution in [0.2, 0.25) is 0 Å². The Morgan fingerprint density at radius 1 is 1.24 bits per heavy atom. The Morgan fingerprint density at radius 3 is 2.61 bits per heavy atom. The van der Waals surface area contributed by atoms with Crippen molar-refractivity contribution in [3.63, 3.8) is 0 Å². The van der Waals surface area contributed by atoms with Crippen LogP contribution < -0.4 is 10.1 Å². The number of amides is 1. The number of thioether (sulfide) groups is 1. The average Bonchev–Trinajstić information content (AvgIpc) is 3.06. The van der Waals surface area contributed by atoms with Gasteiger partial charge in [-0.15, -0.1) is 0 Å². The molecule has 1 aliphatic rings. The molecule has 1 amide bonds. The maximum atomic E-state index is 11.9. The van der Waals surface area contributed by atoms with Gasteiger partial charge in [0.15, 0.2) is 0 Å². The Bertz CT molecular complexity index is 1170. The molecule has 0 bridgehead atoms. The lowest BCUT2D eigenvalue weighted by Gasteiger charge is -2.30. The van der Waals surface area contributed by atoms with Gasteiger partial charge in [0.1, 0.15) is 11.8 Å². The molecule has 1 aliphatic carbocycles. The van der Waals surface area contributed by atoms with Crippen molar-refractivity contribution in [1.82, 2.24) is 4.57 Å². The molecule has 0 unspecified atom stereocenters. The third-order valence-corrected chi connectivity index (χ3v) is 6.41. The highest BCUT2D eigenvalue weighted by molar-refractivity contribution is 7.98. The van der Waals surface area contributed by atoms with E-state index in [2.05, 4.69) is 28.3 Å². The number of hydrogen-bond acceptors (Lipinski definition) is 5. The number of hydrogen-bond donors (Lipinski definition) is 1. The van der Waals surface area contributed by atoms with Gasteiger partial charge in [0.25, 0.3) is 0 Å². The molecule has 0 spiro atoms. The molecule has 4 rings (SSSR count). The Morgan fingerprint density at radius 2 is 2.00 bits per heavy atom. The van der Waals surface area contributed by atoms with E-state index in [1.165, 1.54) is 6.42 Å². The van der Waals surface area contributed by atoms with E-state index in [1.807, 2.05) is 50.2 Å². The van der Waals surface area contributed by atoms with E-state index in [1.54, 1.807) is 11.8 Å². The number of ether oxygens (including phenoxy) is 2. The molecule has 3 aromatic rings. The van der Waals surface area contributed by atoms with Gasteiger partial charge in [-0.05, 0) is 69.2 Å². The first kappa shape index (κ1) is 23.1. The summed E-state index contributed by atoms with van der Waals surface area (Å²) in [5, 5.41) is 13.8. The molecule has 0 saturated heterocycles. The molecule has 2 aromatic carbocycles. The van der Waals surface area contributed by atoms with E-state index in [9.17, 15) is 10.1 Å². The number of benzene rings is 2. The van der Waals surface area contributed by atoms with Crippen molar-refractivity contribution in [1.29, 1.82) is 5.26 Å². The minimum atomic E-state index is -0.479. The van der Waals surface area contributed by atoms with Gasteiger partial charge in [-0.3, -0.25) is 5.32 Å². The lowest BCUT2D eigenvalue weighted by molar-refractivity contribution is 0.130. The molecule has 0 atom stereocenters. The second kappa shape index (κ2) is 10.2. The Hall–Kier alpha value is -3.11. The van der Waals surface area contributed by atoms with Crippen LogP contribution in [-0.4, -0.2) is 35.4 Å². The highest BCUT2D eigenvalue weighted by Gasteiger charge is 2.28. The van der Waals surface area contributed by atoms with Crippen molar-refractivity contribution < 1.29 is 14.3 Å². The van der Waals surface area contributed by atoms with E-state index in [0.29, 0.717) is 23.9 Å². The summed E-state index contributed by atoms with van der Waals surface area (Å²) in [6.07, 6.45) is 4.78. The number of fused-ring (bicyclic) bond motifs is 1. The van der Waals surface area contributed by atoms with Crippen LogP contribution in [0.4, 0.5) is 10.5 Å². The molecular weight excluding hydrogens is 434 g/mol. The van der Waals surface area contributed by atoms with E-state index < -0.39 is 6.09 Å². The first-order valence-corrected chi connectivity index (χ1v) is 12.7. The molecule has 172 valence electrons. The predicted molar refractivity (Wildman–Crippen MR) is 134 cm³/mol. The van der Waals surface area contributed by atoms with Gasteiger partial charge >= 0.3 is 6.09 Å². The minimum absolute atomic E-state index is 0.185. The molecule has 6 nitrogen and oxygen atoms in total. The fourth-order valence-corrected chi connectivity index (χ4v) is 4.37. The molecule has 0 radical (unpaired) electrons. The summed E-state index contributed by atoms with van der Waals surface area (Å²) < 4.78 is 13.4. The van der Waals surface area contributed by atoms with E-state index in [-0.39, 0.29) is 6.10 Å². The fourth-order valence-electron chi connectivity index (χ4n) is 4.12.